The van der Waals surface area contributed by atoms with E-state index in [1.807, 2.05) is 0 Å². The molecule has 88 valence electrons. The van der Waals surface area contributed by atoms with E-state index >= 15 is 0 Å². The molecular weight excluding hydrogens is 208 g/mol. The van der Waals surface area contributed by atoms with E-state index in [-0.39, 0.29) is 11.4 Å². The average Bonchev–Trinajstić information content (AvgIpc) is 2.15. The first kappa shape index (κ1) is 12.3. The maximum absolute atomic E-state index is 11.8. The molecule has 0 atom stereocenters. The molecule has 0 bridgehead atoms. The molecule has 0 radical (unpaired) electrons. The first-order valence-corrected chi connectivity index (χ1v) is 4.86. The SMILES string of the molecule is COc1ncc(N)cc1C(=O)OC(C)(C)C. The van der Waals surface area contributed by atoms with Crippen LogP contribution in [0.15, 0.2) is 12.3 Å². The minimum atomic E-state index is -0.563. The van der Waals surface area contributed by atoms with E-state index in [1.54, 1.807) is 20.8 Å². The lowest BCUT2D eigenvalue weighted by Gasteiger charge is -2.20. The summed E-state index contributed by atoms with van der Waals surface area (Å²) in [5.74, 6) is -0.285. The molecule has 0 saturated carbocycles. The fourth-order valence-electron chi connectivity index (χ4n) is 1.11. The van der Waals surface area contributed by atoms with Crippen LogP contribution in [-0.2, 0) is 4.74 Å². The molecule has 5 heteroatoms. The summed E-state index contributed by atoms with van der Waals surface area (Å²) in [5, 5.41) is 0. The molecule has 0 aliphatic carbocycles. The fourth-order valence-corrected chi connectivity index (χ4v) is 1.11. The highest BCUT2D eigenvalue weighted by Gasteiger charge is 2.21. The first-order valence-electron chi connectivity index (χ1n) is 4.86. The van der Waals surface area contributed by atoms with Crippen LogP contribution in [0, 0.1) is 0 Å². The lowest BCUT2D eigenvalue weighted by Crippen LogP contribution is -2.24. The topological polar surface area (TPSA) is 74.4 Å². The second kappa shape index (κ2) is 4.38. The molecule has 0 spiro atoms. The number of carbonyl (C=O) groups excluding carboxylic acids is 1. The Kier molecular flexibility index (Phi) is 3.37. The highest BCUT2D eigenvalue weighted by molar-refractivity contribution is 5.93. The quantitative estimate of drug-likeness (QED) is 0.773. The van der Waals surface area contributed by atoms with Crippen molar-refractivity contribution in [1.29, 1.82) is 0 Å². The summed E-state index contributed by atoms with van der Waals surface area (Å²) in [5.41, 5.74) is 5.62. The number of nitrogen functional groups attached to an aromatic ring is 1. The minimum Gasteiger partial charge on any atom is -0.480 e. The number of rotatable bonds is 2. The molecule has 1 heterocycles. The summed E-state index contributed by atoms with van der Waals surface area (Å²) in [6, 6.07) is 1.49. The highest BCUT2D eigenvalue weighted by atomic mass is 16.6. The summed E-state index contributed by atoms with van der Waals surface area (Å²) < 4.78 is 10.2. The Hall–Kier alpha value is -1.78. The smallest absolute Gasteiger partial charge is 0.344 e. The number of methoxy groups -OCH3 is 1. The van der Waals surface area contributed by atoms with Crippen molar-refractivity contribution in [2.75, 3.05) is 12.8 Å². The number of nitrogens with two attached hydrogens (primary N) is 1. The molecule has 0 unspecified atom stereocenters. The van der Waals surface area contributed by atoms with Gasteiger partial charge < -0.3 is 15.2 Å². The van der Waals surface area contributed by atoms with E-state index < -0.39 is 11.6 Å². The van der Waals surface area contributed by atoms with Crippen molar-refractivity contribution < 1.29 is 14.3 Å². The van der Waals surface area contributed by atoms with Crippen molar-refractivity contribution in [3.05, 3.63) is 17.8 Å². The van der Waals surface area contributed by atoms with Crippen LogP contribution in [0.1, 0.15) is 31.1 Å². The number of anilines is 1. The number of carbonyl (C=O) groups is 1. The Morgan fingerprint density at radius 3 is 2.56 bits per heavy atom. The summed E-state index contributed by atoms with van der Waals surface area (Å²) in [6.07, 6.45) is 1.42. The molecular formula is C11H16N2O3. The van der Waals surface area contributed by atoms with Crippen molar-refractivity contribution in [3.8, 4) is 5.88 Å². The van der Waals surface area contributed by atoms with E-state index in [2.05, 4.69) is 4.98 Å². The van der Waals surface area contributed by atoms with E-state index in [9.17, 15) is 4.79 Å². The van der Waals surface area contributed by atoms with Crippen molar-refractivity contribution in [2.24, 2.45) is 0 Å². The maximum Gasteiger partial charge on any atom is 0.344 e. The van der Waals surface area contributed by atoms with Gasteiger partial charge >= 0.3 is 5.97 Å². The van der Waals surface area contributed by atoms with Gasteiger partial charge in [-0.1, -0.05) is 0 Å². The third kappa shape index (κ3) is 3.12. The third-order valence-corrected chi connectivity index (χ3v) is 1.68. The predicted molar refractivity (Wildman–Crippen MR) is 60.4 cm³/mol. The van der Waals surface area contributed by atoms with Gasteiger partial charge in [-0.15, -0.1) is 0 Å². The van der Waals surface area contributed by atoms with Crippen LogP contribution in [-0.4, -0.2) is 23.7 Å². The lowest BCUT2D eigenvalue weighted by molar-refractivity contribution is 0.00658. The Balaban J connectivity index is 3.02. The van der Waals surface area contributed by atoms with Crippen molar-refractivity contribution in [2.45, 2.75) is 26.4 Å². The zero-order chi connectivity index (χ0) is 12.3. The van der Waals surface area contributed by atoms with Gasteiger partial charge in [0.2, 0.25) is 5.88 Å². The van der Waals surface area contributed by atoms with E-state index in [4.69, 9.17) is 15.2 Å². The van der Waals surface area contributed by atoms with E-state index in [0.717, 1.165) is 0 Å². The number of pyridine rings is 1. The van der Waals surface area contributed by atoms with Crippen molar-refractivity contribution in [3.63, 3.8) is 0 Å². The molecule has 0 amide bonds. The number of hydrogen-bond donors (Lipinski definition) is 1. The predicted octanol–water partition coefficient (Wildman–Crippen LogP) is 1.63. The summed E-state index contributed by atoms with van der Waals surface area (Å²) in [4.78, 5) is 15.7. The summed E-state index contributed by atoms with van der Waals surface area (Å²) >= 11 is 0. The van der Waals surface area contributed by atoms with Crippen LogP contribution in [0.5, 0.6) is 5.88 Å². The number of nitrogens with zero attached hydrogens (tertiary/aromatic N) is 1. The largest absolute Gasteiger partial charge is 0.480 e. The van der Waals surface area contributed by atoms with Gasteiger partial charge in [0, 0.05) is 0 Å². The summed E-state index contributed by atoms with van der Waals surface area (Å²) in [7, 11) is 1.44. The van der Waals surface area contributed by atoms with Gasteiger partial charge in [-0.3, -0.25) is 0 Å². The van der Waals surface area contributed by atoms with E-state index in [0.29, 0.717) is 5.69 Å². The van der Waals surface area contributed by atoms with Crippen LogP contribution in [0.3, 0.4) is 0 Å². The molecule has 1 rings (SSSR count). The minimum absolute atomic E-state index is 0.212. The maximum atomic E-state index is 11.8. The lowest BCUT2D eigenvalue weighted by atomic mass is 10.2. The molecule has 16 heavy (non-hydrogen) atoms. The van der Waals surface area contributed by atoms with Gasteiger partial charge in [-0.05, 0) is 26.8 Å². The molecule has 0 aliphatic heterocycles. The number of hydrogen-bond acceptors (Lipinski definition) is 5. The zero-order valence-corrected chi connectivity index (χ0v) is 9.90. The van der Waals surface area contributed by atoms with Crippen LogP contribution in [0.25, 0.3) is 0 Å². The Morgan fingerprint density at radius 1 is 1.44 bits per heavy atom. The van der Waals surface area contributed by atoms with Crippen LogP contribution in [0.2, 0.25) is 0 Å². The molecule has 2 N–H and O–H groups in total. The van der Waals surface area contributed by atoms with Crippen molar-refractivity contribution in [1.82, 2.24) is 4.98 Å². The van der Waals surface area contributed by atoms with Gasteiger partial charge in [-0.2, -0.15) is 0 Å². The van der Waals surface area contributed by atoms with Crippen molar-refractivity contribution >= 4 is 11.7 Å². The number of esters is 1. The number of aromatic nitrogens is 1. The Labute approximate surface area is 94.6 Å². The zero-order valence-electron chi connectivity index (χ0n) is 9.90. The van der Waals surface area contributed by atoms with Gasteiger partial charge in [0.05, 0.1) is 19.0 Å². The van der Waals surface area contributed by atoms with Gasteiger partial charge in [-0.25, -0.2) is 9.78 Å². The second-order valence-corrected chi connectivity index (χ2v) is 4.33. The third-order valence-electron chi connectivity index (χ3n) is 1.68. The highest BCUT2D eigenvalue weighted by Crippen LogP contribution is 2.21. The second-order valence-electron chi connectivity index (χ2n) is 4.33. The molecule has 0 aliphatic rings. The first-order chi connectivity index (χ1) is 7.33. The van der Waals surface area contributed by atoms with Crippen LogP contribution in [0.4, 0.5) is 5.69 Å². The normalized spacial score (nSPS) is 11.0. The molecule has 5 nitrogen and oxygen atoms in total. The Bertz CT molecular complexity index is 397. The fraction of sp³-hybridized carbons (Fsp3) is 0.455. The van der Waals surface area contributed by atoms with Crippen LogP contribution >= 0.6 is 0 Å². The standard InChI is InChI=1S/C11H16N2O3/c1-11(2,3)16-10(14)8-5-7(12)6-13-9(8)15-4/h5-6H,12H2,1-4H3. The molecule has 1 aromatic rings. The molecule has 0 saturated heterocycles. The average molecular weight is 224 g/mol. The molecule has 0 fully saturated rings. The van der Waals surface area contributed by atoms with E-state index in [1.165, 1.54) is 19.4 Å². The Morgan fingerprint density at radius 2 is 2.06 bits per heavy atom. The summed E-state index contributed by atoms with van der Waals surface area (Å²) in [6.45, 7) is 5.37. The van der Waals surface area contributed by atoms with Gasteiger partial charge in [0.15, 0.2) is 0 Å². The van der Waals surface area contributed by atoms with Crippen LogP contribution < -0.4 is 10.5 Å². The van der Waals surface area contributed by atoms with Gasteiger partial charge in [0.1, 0.15) is 11.2 Å². The monoisotopic (exact) mass is 224 g/mol. The molecule has 1 aromatic heterocycles. The molecule has 0 aromatic carbocycles. The van der Waals surface area contributed by atoms with Gasteiger partial charge in [0.25, 0.3) is 0 Å². The number of ether oxygens (including phenoxy) is 2.